The predicted molar refractivity (Wildman–Crippen MR) is 94.8 cm³/mol. The van der Waals surface area contributed by atoms with Gasteiger partial charge < -0.3 is 19.9 Å². The lowest BCUT2D eigenvalue weighted by molar-refractivity contribution is -0.137. The lowest BCUT2D eigenvalue weighted by Gasteiger charge is -2.37. The Balaban J connectivity index is 1.50. The molecule has 1 atom stereocenters. The summed E-state index contributed by atoms with van der Waals surface area (Å²) < 4.78 is 44.1. The van der Waals surface area contributed by atoms with Gasteiger partial charge in [0.1, 0.15) is 0 Å². The summed E-state index contributed by atoms with van der Waals surface area (Å²) in [5, 5.41) is 3.94. The number of halogens is 3. The molecule has 0 aromatic heterocycles. The van der Waals surface area contributed by atoms with Gasteiger partial charge in [-0.2, -0.15) is 13.2 Å². The van der Waals surface area contributed by atoms with Gasteiger partial charge in [-0.25, -0.2) is 0 Å². The van der Waals surface area contributed by atoms with Crippen LogP contribution >= 0.6 is 12.2 Å². The number of nitrogens with one attached hydrogen (secondary N) is 1. The zero-order chi connectivity index (χ0) is 17.9. The molecule has 1 aromatic rings. The summed E-state index contributed by atoms with van der Waals surface area (Å²) in [7, 11) is 0. The first-order valence-corrected chi connectivity index (χ1v) is 8.91. The Hall–Kier alpha value is -1.54. The van der Waals surface area contributed by atoms with Crippen molar-refractivity contribution in [3.05, 3.63) is 29.8 Å². The average Bonchev–Trinajstić information content (AvgIpc) is 3.13. The minimum Gasteiger partial charge on any atom is -0.376 e. The Morgan fingerprint density at radius 3 is 2.64 bits per heavy atom. The Morgan fingerprint density at radius 1 is 1.24 bits per heavy atom. The van der Waals surface area contributed by atoms with E-state index < -0.39 is 11.7 Å². The smallest absolute Gasteiger partial charge is 0.376 e. The third-order valence-corrected chi connectivity index (χ3v) is 5.01. The van der Waals surface area contributed by atoms with Crippen molar-refractivity contribution in [3.63, 3.8) is 0 Å². The molecule has 0 spiro atoms. The highest BCUT2D eigenvalue weighted by molar-refractivity contribution is 7.80. The van der Waals surface area contributed by atoms with Crippen molar-refractivity contribution in [1.29, 1.82) is 0 Å². The number of ether oxygens (including phenoxy) is 1. The maximum Gasteiger partial charge on any atom is 0.416 e. The van der Waals surface area contributed by atoms with Crippen molar-refractivity contribution in [1.82, 2.24) is 10.2 Å². The van der Waals surface area contributed by atoms with Gasteiger partial charge in [0, 0.05) is 45.0 Å². The van der Waals surface area contributed by atoms with Crippen molar-refractivity contribution in [2.24, 2.45) is 0 Å². The van der Waals surface area contributed by atoms with Gasteiger partial charge in [0.15, 0.2) is 5.11 Å². The summed E-state index contributed by atoms with van der Waals surface area (Å²) in [5.74, 6) is 0. The molecule has 4 nitrogen and oxygen atoms in total. The van der Waals surface area contributed by atoms with Crippen LogP contribution in [0.15, 0.2) is 24.3 Å². The molecule has 1 aromatic carbocycles. The van der Waals surface area contributed by atoms with Gasteiger partial charge in [0.05, 0.1) is 11.7 Å². The van der Waals surface area contributed by atoms with Crippen LogP contribution in [0.25, 0.3) is 0 Å². The monoisotopic (exact) mass is 373 g/mol. The second kappa shape index (κ2) is 7.78. The van der Waals surface area contributed by atoms with Crippen molar-refractivity contribution >= 4 is 23.0 Å². The maximum atomic E-state index is 12.9. The standard InChI is InChI=1S/C17H22F3N3OS/c18-17(19,20)13-3-1-4-14(11-13)22-6-8-23(9-7-22)16(25)21-12-15-5-2-10-24-15/h1,3-4,11,15H,2,5-10,12H2,(H,21,25)/t15-/m1/s1. The molecule has 138 valence electrons. The quantitative estimate of drug-likeness (QED) is 0.823. The fraction of sp³-hybridized carbons (Fsp3) is 0.588. The molecule has 0 bridgehead atoms. The Morgan fingerprint density at radius 2 is 2.00 bits per heavy atom. The number of piperazine rings is 1. The van der Waals surface area contributed by atoms with E-state index in [0.717, 1.165) is 25.5 Å². The third-order valence-electron chi connectivity index (χ3n) is 4.61. The number of hydrogen-bond acceptors (Lipinski definition) is 3. The van der Waals surface area contributed by atoms with E-state index in [2.05, 4.69) is 10.2 Å². The number of anilines is 1. The minimum atomic E-state index is -4.31. The van der Waals surface area contributed by atoms with Gasteiger partial charge in [-0.15, -0.1) is 0 Å². The van der Waals surface area contributed by atoms with Crippen LogP contribution in [0.1, 0.15) is 18.4 Å². The summed E-state index contributed by atoms with van der Waals surface area (Å²) in [6.45, 7) is 4.19. The van der Waals surface area contributed by atoms with Crippen molar-refractivity contribution in [2.75, 3.05) is 44.2 Å². The first-order chi connectivity index (χ1) is 11.9. The zero-order valence-electron chi connectivity index (χ0n) is 13.9. The SMILES string of the molecule is FC(F)(F)c1cccc(N2CCN(C(=S)NC[C@H]3CCCO3)CC2)c1. The Bertz CT molecular complexity index is 597. The molecule has 2 saturated heterocycles. The molecule has 25 heavy (non-hydrogen) atoms. The van der Waals surface area contributed by atoms with Crippen LogP contribution in [0.3, 0.4) is 0 Å². The van der Waals surface area contributed by atoms with E-state index in [1.165, 1.54) is 12.1 Å². The second-order valence-electron chi connectivity index (χ2n) is 6.34. The summed E-state index contributed by atoms with van der Waals surface area (Å²) in [4.78, 5) is 4.03. The van der Waals surface area contributed by atoms with Crippen LogP contribution in [-0.2, 0) is 10.9 Å². The lowest BCUT2D eigenvalue weighted by atomic mass is 10.1. The van der Waals surface area contributed by atoms with E-state index in [-0.39, 0.29) is 6.10 Å². The third kappa shape index (κ3) is 4.76. The van der Waals surface area contributed by atoms with Gasteiger partial charge in [-0.1, -0.05) is 6.07 Å². The Labute approximate surface area is 150 Å². The average molecular weight is 373 g/mol. The molecule has 1 N–H and O–H groups in total. The molecule has 3 rings (SSSR count). The molecule has 2 aliphatic heterocycles. The summed E-state index contributed by atoms with van der Waals surface area (Å²) in [5.41, 5.74) is -0.00566. The molecule has 8 heteroatoms. The molecule has 2 aliphatic rings. The minimum absolute atomic E-state index is 0.226. The van der Waals surface area contributed by atoms with E-state index in [1.807, 2.05) is 4.90 Å². The molecular formula is C17H22F3N3OS. The molecule has 0 aliphatic carbocycles. The highest BCUT2D eigenvalue weighted by Gasteiger charge is 2.31. The van der Waals surface area contributed by atoms with Gasteiger partial charge in [0.2, 0.25) is 0 Å². The fourth-order valence-corrected chi connectivity index (χ4v) is 3.43. The summed E-state index contributed by atoms with van der Waals surface area (Å²) in [6.07, 6.45) is -1.94. The van der Waals surface area contributed by atoms with Crippen molar-refractivity contribution in [3.8, 4) is 0 Å². The number of nitrogens with zero attached hydrogens (tertiary/aromatic N) is 2. The number of rotatable bonds is 3. The van der Waals surface area contributed by atoms with Crippen LogP contribution < -0.4 is 10.2 Å². The number of hydrogen-bond donors (Lipinski definition) is 1. The number of benzene rings is 1. The fourth-order valence-electron chi connectivity index (χ4n) is 3.16. The van der Waals surface area contributed by atoms with Gasteiger partial charge in [-0.05, 0) is 43.3 Å². The van der Waals surface area contributed by atoms with Crippen LogP contribution in [0, 0.1) is 0 Å². The van der Waals surface area contributed by atoms with Gasteiger partial charge >= 0.3 is 6.18 Å². The number of thiocarbonyl (C=S) groups is 1. The first-order valence-electron chi connectivity index (χ1n) is 8.50. The van der Waals surface area contributed by atoms with Crippen molar-refractivity contribution in [2.45, 2.75) is 25.1 Å². The summed E-state index contributed by atoms with van der Waals surface area (Å²) in [6, 6.07) is 5.49. The van der Waals surface area contributed by atoms with E-state index in [0.29, 0.717) is 43.5 Å². The van der Waals surface area contributed by atoms with Crippen LogP contribution in [0.2, 0.25) is 0 Å². The van der Waals surface area contributed by atoms with Crippen LogP contribution in [0.5, 0.6) is 0 Å². The molecule has 0 amide bonds. The molecule has 0 saturated carbocycles. The van der Waals surface area contributed by atoms with E-state index in [9.17, 15) is 13.2 Å². The molecule has 0 unspecified atom stereocenters. The highest BCUT2D eigenvalue weighted by atomic mass is 32.1. The van der Waals surface area contributed by atoms with Crippen LogP contribution in [0.4, 0.5) is 18.9 Å². The largest absolute Gasteiger partial charge is 0.416 e. The Kier molecular flexibility index (Phi) is 5.68. The molecule has 2 fully saturated rings. The van der Waals surface area contributed by atoms with E-state index in [4.69, 9.17) is 17.0 Å². The van der Waals surface area contributed by atoms with Crippen molar-refractivity contribution < 1.29 is 17.9 Å². The summed E-state index contributed by atoms with van der Waals surface area (Å²) >= 11 is 5.43. The topological polar surface area (TPSA) is 27.7 Å². The molecule has 0 radical (unpaired) electrons. The first kappa shape index (κ1) is 18.3. The second-order valence-corrected chi connectivity index (χ2v) is 6.73. The zero-order valence-corrected chi connectivity index (χ0v) is 14.7. The van der Waals surface area contributed by atoms with Gasteiger partial charge in [-0.3, -0.25) is 0 Å². The predicted octanol–water partition coefficient (Wildman–Crippen LogP) is 2.88. The van der Waals surface area contributed by atoms with E-state index >= 15 is 0 Å². The van der Waals surface area contributed by atoms with Crippen LogP contribution in [-0.4, -0.2) is 55.4 Å². The van der Waals surface area contributed by atoms with E-state index in [1.54, 1.807) is 6.07 Å². The van der Waals surface area contributed by atoms with Gasteiger partial charge in [0.25, 0.3) is 0 Å². The molecule has 2 heterocycles. The maximum absolute atomic E-state index is 12.9. The molecular weight excluding hydrogens is 351 g/mol. The highest BCUT2D eigenvalue weighted by Crippen LogP contribution is 2.31. The number of alkyl halides is 3. The normalized spacial score (nSPS) is 21.5. The lowest BCUT2D eigenvalue weighted by Crippen LogP contribution is -2.52.